The fraction of sp³-hybridized carbons (Fsp3) is 0.519. The maximum Gasteiger partial charge on any atom is 0.169 e. The van der Waals surface area contributed by atoms with Crippen LogP contribution in [-0.2, 0) is 6.54 Å². The van der Waals surface area contributed by atoms with Crippen LogP contribution in [0.15, 0.2) is 48.8 Å². The third-order valence-corrected chi connectivity index (χ3v) is 6.02. The summed E-state index contributed by atoms with van der Waals surface area (Å²) in [6, 6.07) is 13.4. The van der Waals surface area contributed by atoms with Crippen molar-refractivity contribution in [2.75, 3.05) is 18.0 Å². The lowest BCUT2D eigenvalue weighted by molar-refractivity contribution is -0.697. The molecule has 156 valence electrons. The van der Waals surface area contributed by atoms with E-state index in [4.69, 9.17) is 0 Å². The Balaban J connectivity index is 1.37. The lowest BCUT2D eigenvalue weighted by atomic mass is 10.1. The molecule has 0 amide bonds. The van der Waals surface area contributed by atoms with Gasteiger partial charge in [-0.15, -0.1) is 0 Å². The van der Waals surface area contributed by atoms with Crippen LogP contribution in [0.2, 0.25) is 0 Å². The standard InChI is InChI=1S/C27H39N2/c1-2-3-4-5-6-7-8-9-20-28-23-18-26(19-24-28)13-12-25-14-16-27(17-15-25)29-21-10-11-22-29/h12-19,23-24H,2-11,20-22H2,1H3/q+1. The van der Waals surface area contributed by atoms with Gasteiger partial charge in [0.15, 0.2) is 12.4 Å². The number of benzene rings is 1. The van der Waals surface area contributed by atoms with Crippen molar-refractivity contribution in [3.8, 4) is 0 Å². The molecule has 0 unspecified atom stereocenters. The molecule has 1 aliphatic rings. The highest BCUT2D eigenvalue weighted by atomic mass is 15.1. The quantitative estimate of drug-likeness (QED) is 0.282. The number of nitrogens with zero attached hydrogens (tertiary/aromatic N) is 2. The van der Waals surface area contributed by atoms with Crippen LogP contribution in [0.4, 0.5) is 5.69 Å². The van der Waals surface area contributed by atoms with Crippen molar-refractivity contribution >= 4 is 17.8 Å². The number of hydrogen-bond donors (Lipinski definition) is 0. The molecule has 0 atom stereocenters. The zero-order valence-electron chi connectivity index (χ0n) is 18.4. The Hall–Kier alpha value is -2.09. The number of anilines is 1. The summed E-state index contributed by atoms with van der Waals surface area (Å²) in [6.07, 6.45) is 22.6. The number of unbranched alkanes of at least 4 members (excludes halogenated alkanes) is 7. The molecule has 2 heteroatoms. The van der Waals surface area contributed by atoms with E-state index in [0.717, 1.165) is 6.54 Å². The van der Waals surface area contributed by atoms with Crippen LogP contribution in [0.25, 0.3) is 12.2 Å². The molecule has 0 N–H and O–H groups in total. The van der Waals surface area contributed by atoms with E-state index in [1.165, 1.54) is 94.1 Å². The van der Waals surface area contributed by atoms with Crippen LogP contribution in [0.5, 0.6) is 0 Å². The van der Waals surface area contributed by atoms with Gasteiger partial charge in [0.1, 0.15) is 6.54 Å². The van der Waals surface area contributed by atoms with Crippen molar-refractivity contribution in [1.82, 2.24) is 0 Å². The molecular weight excluding hydrogens is 352 g/mol. The van der Waals surface area contributed by atoms with Gasteiger partial charge >= 0.3 is 0 Å². The van der Waals surface area contributed by atoms with Crippen LogP contribution in [0.3, 0.4) is 0 Å². The molecule has 1 aromatic carbocycles. The van der Waals surface area contributed by atoms with Gasteiger partial charge in [0, 0.05) is 37.3 Å². The average Bonchev–Trinajstić information content (AvgIpc) is 3.30. The van der Waals surface area contributed by atoms with E-state index in [0.29, 0.717) is 0 Å². The number of hydrogen-bond acceptors (Lipinski definition) is 1. The Bertz CT molecular complexity index is 709. The Kier molecular flexibility index (Phi) is 9.29. The maximum absolute atomic E-state index is 2.48. The van der Waals surface area contributed by atoms with Crippen molar-refractivity contribution in [3.05, 3.63) is 59.9 Å². The van der Waals surface area contributed by atoms with E-state index in [2.05, 4.69) is 77.3 Å². The topological polar surface area (TPSA) is 7.12 Å². The third kappa shape index (κ3) is 7.68. The summed E-state index contributed by atoms with van der Waals surface area (Å²) in [5.74, 6) is 0. The largest absolute Gasteiger partial charge is 0.372 e. The van der Waals surface area contributed by atoms with Gasteiger partial charge in [-0.05, 0) is 42.5 Å². The fourth-order valence-corrected chi connectivity index (χ4v) is 4.12. The van der Waals surface area contributed by atoms with Gasteiger partial charge in [0.2, 0.25) is 0 Å². The van der Waals surface area contributed by atoms with E-state index < -0.39 is 0 Å². The molecule has 0 bridgehead atoms. The number of rotatable bonds is 12. The number of aryl methyl sites for hydroxylation is 1. The zero-order chi connectivity index (χ0) is 20.2. The van der Waals surface area contributed by atoms with Gasteiger partial charge in [-0.2, -0.15) is 0 Å². The van der Waals surface area contributed by atoms with Gasteiger partial charge in [-0.3, -0.25) is 0 Å². The minimum absolute atomic E-state index is 1.14. The maximum atomic E-state index is 2.48. The number of aromatic nitrogens is 1. The van der Waals surface area contributed by atoms with E-state index in [-0.39, 0.29) is 0 Å². The van der Waals surface area contributed by atoms with Gasteiger partial charge in [-0.1, -0.05) is 69.7 Å². The van der Waals surface area contributed by atoms with Crippen LogP contribution >= 0.6 is 0 Å². The highest BCUT2D eigenvalue weighted by Crippen LogP contribution is 2.21. The monoisotopic (exact) mass is 391 g/mol. The summed E-state index contributed by atoms with van der Waals surface area (Å²) < 4.78 is 2.32. The SMILES string of the molecule is CCCCCCCCCC[n+]1ccc(/C=C/c2ccc(N3CCCC3)cc2)cc1. The number of pyridine rings is 1. The third-order valence-electron chi connectivity index (χ3n) is 6.02. The van der Waals surface area contributed by atoms with Gasteiger partial charge in [0.25, 0.3) is 0 Å². The highest BCUT2D eigenvalue weighted by Gasteiger charge is 2.11. The second-order valence-electron chi connectivity index (χ2n) is 8.46. The van der Waals surface area contributed by atoms with Crippen molar-refractivity contribution < 1.29 is 4.57 Å². The van der Waals surface area contributed by atoms with Crippen molar-refractivity contribution in [1.29, 1.82) is 0 Å². The summed E-state index contributed by atoms with van der Waals surface area (Å²) in [5, 5.41) is 0. The average molecular weight is 392 g/mol. The molecule has 1 fully saturated rings. The first-order chi connectivity index (χ1) is 14.3. The second kappa shape index (κ2) is 12.5. The zero-order valence-corrected chi connectivity index (χ0v) is 18.4. The molecule has 3 rings (SSSR count). The molecular formula is C27H39N2+. The van der Waals surface area contributed by atoms with E-state index in [9.17, 15) is 0 Å². The first-order valence-electron chi connectivity index (χ1n) is 11.9. The Morgan fingerprint density at radius 1 is 0.724 bits per heavy atom. The lowest BCUT2D eigenvalue weighted by Crippen LogP contribution is -2.32. The molecule has 2 aromatic rings. The Morgan fingerprint density at radius 2 is 1.28 bits per heavy atom. The molecule has 1 saturated heterocycles. The minimum atomic E-state index is 1.14. The molecule has 29 heavy (non-hydrogen) atoms. The first kappa shape index (κ1) is 21.6. The molecule has 1 aliphatic heterocycles. The van der Waals surface area contributed by atoms with Crippen LogP contribution in [0.1, 0.15) is 82.3 Å². The molecule has 0 spiro atoms. The van der Waals surface area contributed by atoms with Crippen molar-refractivity contribution in [2.45, 2.75) is 77.7 Å². The summed E-state index contributed by atoms with van der Waals surface area (Å²) in [5.41, 5.74) is 3.89. The normalized spacial score (nSPS) is 14.2. The van der Waals surface area contributed by atoms with Crippen LogP contribution in [0, 0.1) is 0 Å². The smallest absolute Gasteiger partial charge is 0.169 e. The molecule has 2 nitrogen and oxygen atoms in total. The van der Waals surface area contributed by atoms with Gasteiger partial charge < -0.3 is 4.90 Å². The molecule has 0 saturated carbocycles. The predicted molar refractivity (Wildman–Crippen MR) is 126 cm³/mol. The summed E-state index contributed by atoms with van der Waals surface area (Å²) >= 11 is 0. The molecule has 1 aromatic heterocycles. The Morgan fingerprint density at radius 3 is 1.90 bits per heavy atom. The van der Waals surface area contributed by atoms with Gasteiger partial charge in [0.05, 0.1) is 0 Å². The Labute approximate surface area is 178 Å². The minimum Gasteiger partial charge on any atom is -0.372 e. The molecule has 2 heterocycles. The van der Waals surface area contributed by atoms with E-state index in [1.807, 2.05) is 0 Å². The first-order valence-corrected chi connectivity index (χ1v) is 11.9. The van der Waals surface area contributed by atoms with Gasteiger partial charge in [-0.25, -0.2) is 4.57 Å². The van der Waals surface area contributed by atoms with E-state index >= 15 is 0 Å². The lowest BCUT2D eigenvalue weighted by Gasteiger charge is -2.17. The summed E-state index contributed by atoms with van der Waals surface area (Å²) in [7, 11) is 0. The summed E-state index contributed by atoms with van der Waals surface area (Å²) in [4.78, 5) is 2.48. The highest BCUT2D eigenvalue weighted by molar-refractivity contribution is 5.70. The van der Waals surface area contributed by atoms with Crippen molar-refractivity contribution in [3.63, 3.8) is 0 Å². The van der Waals surface area contributed by atoms with Crippen LogP contribution in [-0.4, -0.2) is 13.1 Å². The molecule has 0 aliphatic carbocycles. The van der Waals surface area contributed by atoms with E-state index in [1.54, 1.807) is 0 Å². The van der Waals surface area contributed by atoms with Crippen molar-refractivity contribution in [2.24, 2.45) is 0 Å². The summed E-state index contributed by atoms with van der Waals surface area (Å²) in [6.45, 7) is 5.83. The molecule has 0 radical (unpaired) electrons. The predicted octanol–water partition coefficient (Wildman–Crippen LogP) is 6.89. The second-order valence-corrected chi connectivity index (χ2v) is 8.46. The fourth-order valence-electron chi connectivity index (χ4n) is 4.12. The van der Waals surface area contributed by atoms with Crippen LogP contribution < -0.4 is 9.47 Å².